The molecule has 0 bridgehead atoms. The van der Waals surface area contributed by atoms with E-state index in [1.807, 2.05) is 6.92 Å². The molecule has 0 heterocycles. The van der Waals surface area contributed by atoms with Gasteiger partial charge in [-0.3, -0.25) is 9.52 Å². The Labute approximate surface area is 134 Å². The molecule has 6 nitrogen and oxygen atoms in total. The van der Waals surface area contributed by atoms with E-state index >= 15 is 0 Å². The first-order chi connectivity index (χ1) is 10.9. The molecular formula is C16H15NO5S. The van der Waals surface area contributed by atoms with Gasteiger partial charge in [-0.25, -0.2) is 13.2 Å². The molecule has 23 heavy (non-hydrogen) atoms. The lowest BCUT2D eigenvalue weighted by atomic mass is 10.1. The van der Waals surface area contributed by atoms with Crippen LogP contribution in [0.2, 0.25) is 0 Å². The Bertz CT molecular complexity index is 841. The van der Waals surface area contributed by atoms with Crippen molar-refractivity contribution < 1.29 is 22.7 Å². The zero-order valence-electron chi connectivity index (χ0n) is 12.6. The van der Waals surface area contributed by atoms with Crippen molar-refractivity contribution in [3.05, 3.63) is 59.2 Å². The Morgan fingerprint density at radius 1 is 1.13 bits per heavy atom. The number of hydrogen-bond acceptors (Lipinski definition) is 5. The van der Waals surface area contributed by atoms with Gasteiger partial charge in [0, 0.05) is 5.56 Å². The van der Waals surface area contributed by atoms with Gasteiger partial charge in [-0.05, 0) is 37.3 Å². The van der Waals surface area contributed by atoms with E-state index in [0.717, 1.165) is 5.56 Å². The highest BCUT2D eigenvalue weighted by Crippen LogP contribution is 2.21. The number of carbonyl (C=O) groups is 2. The first-order valence-electron chi connectivity index (χ1n) is 6.64. The predicted octanol–water partition coefficient (Wildman–Crippen LogP) is 2.39. The second kappa shape index (κ2) is 6.62. The van der Waals surface area contributed by atoms with Crippen molar-refractivity contribution in [1.82, 2.24) is 0 Å². The number of methoxy groups -OCH3 is 1. The van der Waals surface area contributed by atoms with Gasteiger partial charge < -0.3 is 4.74 Å². The second-order valence-electron chi connectivity index (χ2n) is 4.83. The Morgan fingerprint density at radius 3 is 2.35 bits per heavy atom. The summed E-state index contributed by atoms with van der Waals surface area (Å²) < 4.78 is 31.6. The lowest BCUT2D eigenvalue weighted by molar-refractivity contribution is 0.0600. The van der Waals surface area contributed by atoms with E-state index in [0.29, 0.717) is 6.29 Å². The van der Waals surface area contributed by atoms with Crippen LogP contribution < -0.4 is 4.72 Å². The van der Waals surface area contributed by atoms with E-state index in [9.17, 15) is 18.0 Å². The van der Waals surface area contributed by atoms with Crippen molar-refractivity contribution in [3.63, 3.8) is 0 Å². The molecule has 0 fully saturated rings. The molecule has 0 saturated heterocycles. The lowest BCUT2D eigenvalue weighted by Gasteiger charge is -2.11. The summed E-state index contributed by atoms with van der Waals surface area (Å²) >= 11 is 0. The molecule has 0 spiro atoms. The summed E-state index contributed by atoms with van der Waals surface area (Å²) in [7, 11) is -2.61. The van der Waals surface area contributed by atoms with Gasteiger partial charge in [0.05, 0.1) is 23.3 Å². The molecule has 0 unspecified atom stereocenters. The van der Waals surface area contributed by atoms with Gasteiger partial charge >= 0.3 is 5.97 Å². The third-order valence-corrected chi connectivity index (χ3v) is 4.56. The summed E-state index contributed by atoms with van der Waals surface area (Å²) in [5.41, 5.74) is 1.23. The van der Waals surface area contributed by atoms with Gasteiger partial charge in [0.2, 0.25) is 0 Å². The summed E-state index contributed by atoms with van der Waals surface area (Å²) in [4.78, 5) is 22.7. The van der Waals surface area contributed by atoms with Gasteiger partial charge in [-0.15, -0.1) is 0 Å². The van der Waals surface area contributed by atoms with E-state index in [2.05, 4.69) is 9.46 Å². The largest absolute Gasteiger partial charge is 0.465 e. The summed E-state index contributed by atoms with van der Waals surface area (Å²) in [5.74, 6) is -0.610. The molecule has 0 radical (unpaired) electrons. The fourth-order valence-electron chi connectivity index (χ4n) is 1.92. The first kappa shape index (κ1) is 16.7. The molecule has 0 aliphatic heterocycles. The maximum Gasteiger partial charge on any atom is 0.337 e. The molecule has 7 heteroatoms. The average Bonchev–Trinajstić information content (AvgIpc) is 2.54. The Balaban J connectivity index is 2.37. The van der Waals surface area contributed by atoms with Gasteiger partial charge in [-0.2, -0.15) is 0 Å². The highest BCUT2D eigenvalue weighted by molar-refractivity contribution is 7.92. The van der Waals surface area contributed by atoms with Crippen molar-refractivity contribution in [2.45, 2.75) is 11.8 Å². The van der Waals surface area contributed by atoms with Crippen molar-refractivity contribution in [2.24, 2.45) is 0 Å². The van der Waals surface area contributed by atoms with Gasteiger partial charge in [0.1, 0.15) is 0 Å². The van der Waals surface area contributed by atoms with Crippen LogP contribution in [0.25, 0.3) is 0 Å². The number of anilines is 1. The Hall–Kier alpha value is -2.67. The molecule has 2 rings (SSSR count). The summed E-state index contributed by atoms with van der Waals surface area (Å²) in [6, 6.07) is 10.3. The molecule has 1 N–H and O–H groups in total. The number of rotatable bonds is 5. The molecule has 0 aromatic heterocycles. The van der Waals surface area contributed by atoms with Gasteiger partial charge in [0.25, 0.3) is 10.0 Å². The van der Waals surface area contributed by atoms with Crippen LogP contribution in [-0.2, 0) is 14.8 Å². The van der Waals surface area contributed by atoms with Crippen molar-refractivity contribution in [3.8, 4) is 0 Å². The number of nitrogens with one attached hydrogen (secondary N) is 1. The molecule has 2 aromatic carbocycles. The van der Waals surface area contributed by atoms with Crippen molar-refractivity contribution in [1.29, 1.82) is 0 Å². The van der Waals surface area contributed by atoms with Crippen molar-refractivity contribution in [2.75, 3.05) is 11.8 Å². The fraction of sp³-hybridized carbons (Fsp3) is 0.125. The van der Waals surface area contributed by atoms with Crippen LogP contribution in [0.15, 0.2) is 47.4 Å². The van der Waals surface area contributed by atoms with Gasteiger partial charge in [-0.1, -0.05) is 17.7 Å². The number of sulfonamides is 1. The quantitative estimate of drug-likeness (QED) is 0.670. The molecule has 2 aromatic rings. The number of hydrogen-bond donors (Lipinski definition) is 1. The van der Waals surface area contributed by atoms with Crippen molar-refractivity contribution >= 4 is 28.0 Å². The topological polar surface area (TPSA) is 89.5 Å². The zero-order chi connectivity index (χ0) is 17.0. The standard InChI is InChI=1S/C16H15NO5S/c1-11-3-6-14(7-4-11)23(20,21)17-15-8-5-12(16(19)22-2)9-13(15)10-18/h3-10,17H,1-2H3. The molecule has 120 valence electrons. The molecule has 0 saturated carbocycles. The van der Waals surface area contributed by atoms with Crippen LogP contribution >= 0.6 is 0 Å². The van der Waals surface area contributed by atoms with E-state index in [1.54, 1.807) is 12.1 Å². The Kier molecular flexibility index (Phi) is 4.80. The number of carbonyl (C=O) groups excluding carboxylic acids is 2. The van der Waals surface area contributed by atoms with E-state index in [4.69, 9.17) is 0 Å². The van der Waals surface area contributed by atoms with Crippen LogP contribution in [0.5, 0.6) is 0 Å². The molecule has 0 aliphatic carbocycles. The number of esters is 1. The third kappa shape index (κ3) is 3.75. The lowest BCUT2D eigenvalue weighted by Crippen LogP contribution is -2.14. The minimum atomic E-state index is -3.83. The SMILES string of the molecule is COC(=O)c1ccc(NS(=O)(=O)c2ccc(C)cc2)c(C=O)c1. The first-order valence-corrected chi connectivity index (χ1v) is 8.13. The minimum Gasteiger partial charge on any atom is -0.465 e. The zero-order valence-corrected chi connectivity index (χ0v) is 13.4. The molecular weight excluding hydrogens is 318 g/mol. The minimum absolute atomic E-state index is 0.0450. The number of aryl methyl sites for hydroxylation is 1. The fourth-order valence-corrected chi connectivity index (χ4v) is 3.01. The van der Waals surface area contributed by atoms with E-state index < -0.39 is 16.0 Å². The van der Waals surface area contributed by atoms with Crippen LogP contribution in [0, 0.1) is 6.92 Å². The smallest absolute Gasteiger partial charge is 0.337 e. The number of benzene rings is 2. The van der Waals surface area contributed by atoms with Crippen LogP contribution in [0.3, 0.4) is 0 Å². The summed E-state index contributed by atoms with van der Waals surface area (Å²) in [6.45, 7) is 1.85. The number of aldehydes is 1. The predicted molar refractivity (Wildman–Crippen MR) is 85.2 cm³/mol. The summed E-state index contributed by atoms with van der Waals surface area (Å²) in [5, 5.41) is 0. The maximum absolute atomic E-state index is 12.3. The van der Waals surface area contributed by atoms with E-state index in [-0.39, 0.29) is 21.7 Å². The summed E-state index contributed by atoms with van der Waals surface area (Å²) in [6.07, 6.45) is 0.472. The average molecular weight is 333 g/mol. The Morgan fingerprint density at radius 2 is 1.78 bits per heavy atom. The number of ether oxygens (including phenoxy) is 1. The van der Waals surface area contributed by atoms with Crippen LogP contribution in [0.1, 0.15) is 26.3 Å². The van der Waals surface area contributed by atoms with Crippen LogP contribution in [0.4, 0.5) is 5.69 Å². The molecule has 0 amide bonds. The maximum atomic E-state index is 12.3. The van der Waals surface area contributed by atoms with Gasteiger partial charge in [0.15, 0.2) is 6.29 Å². The highest BCUT2D eigenvalue weighted by Gasteiger charge is 2.17. The highest BCUT2D eigenvalue weighted by atomic mass is 32.2. The molecule has 0 aliphatic rings. The van der Waals surface area contributed by atoms with Crippen LogP contribution in [-0.4, -0.2) is 27.8 Å². The third-order valence-electron chi connectivity index (χ3n) is 3.18. The normalized spacial score (nSPS) is 10.9. The monoisotopic (exact) mass is 333 g/mol. The molecule has 0 atom stereocenters. The second-order valence-corrected chi connectivity index (χ2v) is 6.51. The van der Waals surface area contributed by atoms with E-state index in [1.165, 1.54) is 37.4 Å².